The van der Waals surface area contributed by atoms with Crippen molar-refractivity contribution in [2.45, 2.75) is 19.8 Å². The van der Waals surface area contributed by atoms with Crippen LogP contribution in [-0.2, 0) is 0 Å². The molecule has 0 aliphatic rings. The molecule has 0 atom stereocenters. The molecule has 29 heavy (non-hydrogen) atoms. The number of benzene rings is 2. The molecule has 0 bridgehead atoms. The third kappa shape index (κ3) is 4.26. The van der Waals surface area contributed by atoms with Crippen LogP contribution >= 0.6 is 0 Å². The number of nitrogens with two attached hydrogens (primary N) is 1. The molecule has 2 aromatic carbocycles. The van der Waals surface area contributed by atoms with Gasteiger partial charge in [-0.15, -0.1) is 0 Å². The molecule has 0 aliphatic carbocycles. The fourth-order valence-electron chi connectivity index (χ4n) is 2.98. The second-order valence-electron chi connectivity index (χ2n) is 6.73. The molecule has 0 fully saturated rings. The Morgan fingerprint density at radius 2 is 2.03 bits per heavy atom. The number of unbranched alkanes of at least 4 members (excludes halogenated alkanes) is 1. The van der Waals surface area contributed by atoms with Crippen LogP contribution in [0.3, 0.4) is 0 Å². The van der Waals surface area contributed by atoms with Crippen molar-refractivity contribution in [3.05, 3.63) is 54.5 Å². The first-order valence-electron chi connectivity index (χ1n) is 9.51. The molecule has 148 valence electrons. The van der Waals surface area contributed by atoms with Gasteiger partial charge >= 0.3 is 0 Å². The van der Waals surface area contributed by atoms with Crippen LogP contribution in [0.1, 0.15) is 19.8 Å². The lowest BCUT2D eigenvalue weighted by Crippen LogP contribution is -2.07. The molecule has 2 heterocycles. The predicted molar refractivity (Wildman–Crippen MR) is 115 cm³/mol. The van der Waals surface area contributed by atoms with Crippen LogP contribution in [0.2, 0.25) is 0 Å². The number of nitrogens with one attached hydrogen (secondary N) is 3. The number of imidazole rings is 1. The van der Waals surface area contributed by atoms with E-state index in [1.54, 1.807) is 12.3 Å². The number of nitrogens with zero attached hydrogens (tertiary/aromatic N) is 3. The first-order chi connectivity index (χ1) is 14.1. The van der Waals surface area contributed by atoms with Gasteiger partial charge in [0, 0.05) is 24.1 Å². The van der Waals surface area contributed by atoms with E-state index in [-0.39, 0.29) is 5.82 Å². The van der Waals surface area contributed by atoms with E-state index < -0.39 is 0 Å². The van der Waals surface area contributed by atoms with Crippen LogP contribution in [0.4, 0.5) is 27.5 Å². The summed E-state index contributed by atoms with van der Waals surface area (Å²) in [6.45, 7) is 2.92. The summed E-state index contributed by atoms with van der Waals surface area (Å²) in [5.74, 6) is 1.33. The van der Waals surface area contributed by atoms with Crippen LogP contribution in [0.5, 0.6) is 0 Å². The number of rotatable bonds is 7. The summed E-state index contributed by atoms with van der Waals surface area (Å²) in [5.41, 5.74) is 9.29. The molecule has 7 nitrogen and oxygen atoms in total. The molecular weight excluding hydrogens is 369 g/mol. The monoisotopic (exact) mass is 391 g/mol. The van der Waals surface area contributed by atoms with Gasteiger partial charge in [0.25, 0.3) is 0 Å². The number of nitrogen functional groups attached to an aromatic ring is 1. The van der Waals surface area contributed by atoms with Gasteiger partial charge in [-0.05, 0) is 42.8 Å². The summed E-state index contributed by atoms with van der Waals surface area (Å²) in [5, 5.41) is 6.52. The number of anilines is 4. The lowest BCUT2D eigenvalue weighted by atomic mass is 10.2. The van der Waals surface area contributed by atoms with Gasteiger partial charge in [-0.1, -0.05) is 19.4 Å². The Bertz CT molecular complexity index is 1140. The minimum Gasteiger partial charge on any atom is -0.399 e. The zero-order valence-corrected chi connectivity index (χ0v) is 16.0. The van der Waals surface area contributed by atoms with Crippen LogP contribution in [0.25, 0.3) is 22.4 Å². The van der Waals surface area contributed by atoms with E-state index in [1.807, 2.05) is 24.3 Å². The molecule has 0 saturated heterocycles. The van der Waals surface area contributed by atoms with E-state index in [4.69, 9.17) is 5.73 Å². The van der Waals surface area contributed by atoms with Gasteiger partial charge in [-0.2, -0.15) is 4.98 Å². The minimum absolute atomic E-state index is 0.322. The Morgan fingerprint density at radius 1 is 1.14 bits per heavy atom. The number of halogens is 1. The summed E-state index contributed by atoms with van der Waals surface area (Å²) >= 11 is 0. The lowest BCUT2D eigenvalue weighted by Gasteiger charge is -2.12. The van der Waals surface area contributed by atoms with E-state index in [2.05, 4.69) is 37.5 Å². The maximum atomic E-state index is 13.5. The van der Waals surface area contributed by atoms with Gasteiger partial charge in [0.15, 0.2) is 0 Å². The van der Waals surface area contributed by atoms with E-state index in [1.165, 1.54) is 12.1 Å². The third-order valence-electron chi connectivity index (χ3n) is 4.45. The SMILES string of the molecule is CCCCNc1ncc(-c2nc3ccc(F)cc3[nH]2)c(Nc2cccc(N)c2)n1. The molecule has 4 rings (SSSR count). The van der Waals surface area contributed by atoms with E-state index in [0.29, 0.717) is 39.9 Å². The first kappa shape index (κ1) is 18.7. The normalized spacial score (nSPS) is 11.0. The standard InChI is InChI=1S/C21H22FN7/c1-2-3-9-24-21-25-12-16(19(29-21)26-15-6-4-5-14(23)11-15)20-27-17-8-7-13(22)10-18(17)28-20/h4-8,10-12H,2-3,9,23H2,1H3,(H,27,28)(H2,24,25,26,29). The van der Waals surface area contributed by atoms with Crippen molar-refractivity contribution in [3.63, 3.8) is 0 Å². The van der Waals surface area contributed by atoms with Crippen molar-refractivity contribution in [1.29, 1.82) is 0 Å². The Morgan fingerprint density at radius 3 is 2.86 bits per heavy atom. The zero-order chi connectivity index (χ0) is 20.2. The van der Waals surface area contributed by atoms with Crippen molar-refractivity contribution in [2.24, 2.45) is 0 Å². The highest BCUT2D eigenvalue weighted by Gasteiger charge is 2.14. The molecule has 8 heteroatoms. The topological polar surface area (TPSA) is 105 Å². The number of aromatic amines is 1. The van der Waals surface area contributed by atoms with Crippen LogP contribution in [-0.4, -0.2) is 26.5 Å². The first-order valence-corrected chi connectivity index (χ1v) is 9.51. The average molecular weight is 391 g/mol. The quantitative estimate of drug-likeness (QED) is 0.269. The Kier molecular flexibility index (Phi) is 5.24. The zero-order valence-electron chi connectivity index (χ0n) is 16.0. The van der Waals surface area contributed by atoms with Crippen molar-refractivity contribution >= 4 is 34.2 Å². The smallest absolute Gasteiger partial charge is 0.224 e. The second kappa shape index (κ2) is 8.14. The van der Waals surface area contributed by atoms with E-state index in [0.717, 1.165) is 25.1 Å². The maximum Gasteiger partial charge on any atom is 0.224 e. The Labute approximate surface area is 167 Å². The maximum absolute atomic E-state index is 13.5. The molecular formula is C21H22FN7. The summed E-state index contributed by atoms with van der Waals surface area (Å²) in [6.07, 6.45) is 3.80. The van der Waals surface area contributed by atoms with Crippen molar-refractivity contribution in [3.8, 4) is 11.4 Å². The molecule has 0 saturated carbocycles. The van der Waals surface area contributed by atoms with E-state index >= 15 is 0 Å². The fraction of sp³-hybridized carbons (Fsp3) is 0.190. The highest BCUT2D eigenvalue weighted by Crippen LogP contribution is 2.29. The van der Waals surface area contributed by atoms with Crippen molar-refractivity contribution < 1.29 is 4.39 Å². The lowest BCUT2D eigenvalue weighted by molar-refractivity contribution is 0.629. The fourth-order valence-corrected chi connectivity index (χ4v) is 2.98. The number of hydrogen-bond donors (Lipinski definition) is 4. The van der Waals surface area contributed by atoms with Gasteiger partial charge in [-0.25, -0.2) is 14.4 Å². The highest BCUT2D eigenvalue weighted by molar-refractivity contribution is 5.83. The Balaban J connectivity index is 1.74. The van der Waals surface area contributed by atoms with E-state index in [9.17, 15) is 4.39 Å². The number of hydrogen-bond acceptors (Lipinski definition) is 6. The molecule has 0 radical (unpaired) electrons. The van der Waals surface area contributed by atoms with Gasteiger partial charge in [0.05, 0.1) is 16.6 Å². The largest absolute Gasteiger partial charge is 0.399 e. The highest BCUT2D eigenvalue weighted by atomic mass is 19.1. The number of fused-ring (bicyclic) bond motifs is 1. The Hall–Kier alpha value is -3.68. The third-order valence-corrected chi connectivity index (χ3v) is 4.45. The number of aromatic nitrogens is 4. The molecule has 0 aliphatic heterocycles. The van der Waals surface area contributed by atoms with Crippen LogP contribution in [0, 0.1) is 5.82 Å². The molecule has 4 aromatic rings. The van der Waals surface area contributed by atoms with Crippen LogP contribution < -0.4 is 16.4 Å². The minimum atomic E-state index is -0.322. The summed E-state index contributed by atoms with van der Waals surface area (Å²) in [6, 6.07) is 11.8. The molecule has 2 aromatic heterocycles. The summed E-state index contributed by atoms with van der Waals surface area (Å²) in [7, 11) is 0. The van der Waals surface area contributed by atoms with Gasteiger partial charge in [-0.3, -0.25) is 0 Å². The summed E-state index contributed by atoms with van der Waals surface area (Å²) < 4.78 is 13.5. The average Bonchev–Trinajstić information content (AvgIpc) is 3.11. The summed E-state index contributed by atoms with van der Waals surface area (Å²) in [4.78, 5) is 16.7. The van der Waals surface area contributed by atoms with Crippen molar-refractivity contribution in [1.82, 2.24) is 19.9 Å². The molecule has 0 spiro atoms. The van der Waals surface area contributed by atoms with Crippen LogP contribution in [0.15, 0.2) is 48.7 Å². The number of H-pyrrole nitrogens is 1. The second-order valence-corrected chi connectivity index (χ2v) is 6.73. The van der Waals surface area contributed by atoms with Gasteiger partial charge < -0.3 is 21.4 Å². The van der Waals surface area contributed by atoms with Gasteiger partial charge in [0.1, 0.15) is 17.5 Å². The molecule has 0 unspecified atom stereocenters. The van der Waals surface area contributed by atoms with Gasteiger partial charge in [0.2, 0.25) is 5.95 Å². The van der Waals surface area contributed by atoms with Crippen molar-refractivity contribution in [2.75, 3.05) is 22.9 Å². The molecule has 5 N–H and O–H groups in total. The molecule has 0 amide bonds. The predicted octanol–water partition coefficient (Wildman–Crippen LogP) is 4.70.